The molecule has 0 unspecified atom stereocenters. The molecule has 2 rings (SSSR count). The van der Waals surface area contributed by atoms with Crippen molar-refractivity contribution in [2.45, 2.75) is 33.3 Å². The lowest BCUT2D eigenvalue weighted by molar-refractivity contribution is 0.303. The average molecular weight is 310 g/mol. The molecule has 0 fully saturated rings. The predicted molar refractivity (Wildman–Crippen MR) is 83.9 cm³/mol. The van der Waals surface area contributed by atoms with Gasteiger partial charge in [0.05, 0.1) is 0 Å². The van der Waals surface area contributed by atoms with Gasteiger partial charge in [-0.05, 0) is 42.2 Å². The van der Waals surface area contributed by atoms with Gasteiger partial charge in [0.25, 0.3) is 0 Å². The first-order valence-electron chi connectivity index (χ1n) is 6.51. The third-order valence-corrected chi connectivity index (χ3v) is 3.80. The molecule has 2 aromatic rings. The highest BCUT2D eigenvalue weighted by Crippen LogP contribution is 2.32. The summed E-state index contributed by atoms with van der Waals surface area (Å²) in [6, 6.07) is 7.70. The van der Waals surface area contributed by atoms with Crippen LogP contribution in [-0.2, 0) is 6.61 Å². The number of hydrogen-bond donors (Lipinski definition) is 0. The van der Waals surface area contributed by atoms with Gasteiger partial charge in [-0.15, -0.1) is 0 Å². The summed E-state index contributed by atoms with van der Waals surface area (Å²) < 4.78 is 5.87. The normalized spacial score (nSPS) is 10.9. The lowest BCUT2D eigenvalue weighted by Gasteiger charge is -2.15. The van der Waals surface area contributed by atoms with Gasteiger partial charge in [-0.2, -0.15) is 0 Å². The summed E-state index contributed by atoms with van der Waals surface area (Å²) in [6.07, 6.45) is 1.66. The Morgan fingerprint density at radius 1 is 1.25 bits per heavy atom. The minimum Gasteiger partial charge on any atom is -0.489 e. The maximum atomic E-state index is 6.25. The number of ether oxygens (including phenoxy) is 1. The Bertz CT molecular complexity index is 611. The molecule has 1 aromatic carbocycles. The maximum Gasteiger partial charge on any atom is 0.135 e. The topological polar surface area (TPSA) is 22.1 Å². The van der Waals surface area contributed by atoms with E-state index in [9.17, 15) is 0 Å². The molecule has 0 spiro atoms. The lowest BCUT2D eigenvalue weighted by atomic mass is 10.0. The predicted octanol–water partition coefficient (Wildman–Crippen LogP) is 5.40. The Balaban J connectivity index is 2.21. The fraction of sp³-hybridized carbons (Fsp3) is 0.312. The van der Waals surface area contributed by atoms with Crippen molar-refractivity contribution in [1.29, 1.82) is 0 Å². The van der Waals surface area contributed by atoms with Gasteiger partial charge < -0.3 is 4.74 Å². The Hall–Kier alpha value is -1.25. The summed E-state index contributed by atoms with van der Waals surface area (Å²) in [5, 5.41) is 1.26. The number of halogens is 2. The fourth-order valence-electron chi connectivity index (χ4n) is 1.95. The Morgan fingerprint density at radius 2 is 2.00 bits per heavy atom. The molecular weight excluding hydrogens is 293 g/mol. The van der Waals surface area contributed by atoms with Gasteiger partial charge >= 0.3 is 0 Å². The van der Waals surface area contributed by atoms with Crippen LogP contribution in [0.15, 0.2) is 30.5 Å². The number of nitrogens with zero attached hydrogens (tertiary/aromatic N) is 1. The highest BCUT2D eigenvalue weighted by Gasteiger charge is 2.11. The monoisotopic (exact) mass is 309 g/mol. The summed E-state index contributed by atoms with van der Waals surface area (Å²) in [6.45, 7) is 6.60. The molecular formula is C16H17Cl2NO. The van der Waals surface area contributed by atoms with Gasteiger partial charge in [-0.1, -0.05) is 43.1 Å². The highest BCUT2D eigenvalue weighted by molar-refractivity contribution is 6.31. The molecule has 20 heavy (non-hydrogen) atoms. The average Bonchev–Trinajstić information content (AvgIpc) is 2.39. The van der Waals surface area contributed by atoms with Crippen molar-refractivity contribution in [3.05, 3.63) is 57.3 Å². The summed E-state index contributed by atoms with van der Waals surface area (Å²) in [5.74, 6) is 1.19. The smallest absolute Gasteiger partial charge is 0.135 e. The minimum absolute atomic E-state index is 0.354. The first kappa shape index (κ1) is 15.1. The van der Waals surface area contributed by atoms with Crippen LogP contribution in [0.25, 0.3) is 0 Å². The fourth-order valence-corrected chi connectivity index (χ4v) is 2.56. The van der Waals surface area contributed by atoms with Gasteiger partial charge in [-0.3, -0.25) is 0 Å². The summed E-state index contributed by atoms with van der Waals surface area (Å²) in [5.41, 5.74) is 2.97. The van der Waals surface area contributed by atoms with Crippen LogP contribution in [0.1, 0.15) is 36.5 Å². The molecule has 0 aliphatic heterocycles. The second kappa shape index (κ2) is 6.47. The van der Waals surface area contributed by atoms with E-state index < -0.39 is 0 Å². The second-order valence-corrected chi connectivity index (χ2v) is 5.80. The molecule has 2 nitrogen and oxygen atoms in total. The van der Waals surface area contributed by atoms with Gasteiger partial charge in [0.15, 0.2) is 0 Å². The SMILES string of the molecule is Cc1cc(Cl)c(C(C)C)cc1OCc1cccnc1Cl. The van der Waals surface area contributed by atoms with Crippen molar-refractivity contribution in [1.82, 2.24) is 4.98 Å². The number of benzene rings is 1. The summed E-state index contributed by atoms with van der Waals surface area (Å²) in [7, 11) is 0. The Kier molecular flexibility index (Phi) is 4.90. The molecule has 4 heteroatoms. The van der Waals surface area contributed by atoms with E-state index in [1.807, 2.05) is 31.2 Å². The summed E-state index contributed by atoms with van der Waals surface area (Å²) in [4.78, 5) is 4.04. The van der Waals surface area contributed by atoms with Gasteiger partial charge in [0.2, 0.25) is 0 Å². The molecule has 106 valence electrons. The zero-order valence-corrected chi connectivity index (χ0v) is 13.3. The molecule has 0 aliphatic rings. The molecule has 1 heterocycles. The van der Waals surface area contributed by atoms with E-state index in [1.54, 1.807) is 6.20 Å². The molecule has 0 N–H and O–H groups in total. The van der Waals surface area contributed by atoms with Crippen LogP contribution in [-0.4, -0.2) is 4.98 Å². The molecule has 0 radical (unpaired) electrons. The number of aromatic nitrogens is 1. The van der Waals surface area contributed by atoms with E-state index in [4.69, 9.17) is 27.9 Å². The van der Waals surface area contributed by atoms with Crippen molar-refractivity contribution in [2.24, 2.45) is 0 Å². The van der Waals surface area contributed by atoms with E-state index in [0.29, 0.717) is 17.7 Å². The third kappa shape index (κ3) is 3.44. The van der Waals surface area contributed by atoms with Crippen LogP contribution < -0.4 is 4.74 Å². The zero-order valence-electron chi connectivity index (χ0n) is 11.8. The zero-order chi connectivity index (χ0) is 14.7. The molecule has 0 saturated heterocycles. The quantitative estimate of drug-likeness (QED) is 0.705. The standard InChI is InChI=1S/C16H17Cl2NO/c1-10(2)13-8-15(11(3)7-14(13)17)20-9-12-5-4-6-19-16(12)18/h4-8,10H,9H2,1-3H3. The first-order valence-corrected chi connectivity index (χ1v) is 7.27. The number of pyridine rings is 1. The maximum absolute atomic E-state index is 6.25. The van der Waals surface area contributed by atoms with Crippen LogP contribution in [0.2, 0.25) is 10.2 Å². The number of rotatable bonds is 4. The van der Waals surface area contributed by atoms with Crippen molar-refractivity contribution in [3.63, 3.8) is 0 Å². The van der Waals surface area contributed by atoms with E-state index >= 15 is 0 Å². The largest absolute Gasteiger partial charge is 0.489 e. The van der Waals surface area contributed by atoms with Crippen molar-refractivity contribution < 1.29 is 4.74 Å². The van der Waals surface area contributed by atoms with Gasteiger partial charge in [-0.25, -0.2) is 4.98 Å². The van der Waals surface area contributed by atoms with Crippen LogP contribution in [0.3, 0.4) is 0 Å². The number of aryl methyl sites for hydroxylation is 1. The van der Waals surface area contributed by atoms with Crippen molar-refractivity contribution in [2.75, 3.05) is 0 Å². The third-order valence-electron chi connectivity index (χ3n) is 3.14. The van der Waals surface area contributed by atoms with Crippen molar-refractivity contribution in [3.8, 4) is 5.75 Å². The lowest BCUT2D eigenvalue weighted by Crippen LogP contribution is -2.00. The van der Waals surface area contributed by atoms with E-state index in [1.165, 1.54) is 0 Å². The van der Waals surface area contributed by atoms with E-state index in [0.717, 1.165) is 27.5 Å². The van der Waals surface area contributed by atoms with E-state index in [2.05, 4.69) is 18.8 Å². The first-order chi connectivity index (χ1) is 9.49. The van der Waals surface area contributed by atoms with E-state index in [-0.39, 0.29) is 0 Å². The van der Waals surface area contributed by atoms with Crippen LogP contribution in [0.5, 0.6) is 5.75 Å². The van der Waals surface area contributed by atoms with Crippen LogP contribution in [0.4, 0.5) is 0 Å². The molecule has 0 amide bonds. The highest BCUT2D eigenvalue weighted by atomic mass is 35.5. The van der Waals surface area contributed by atoms with Crippen molar-refractivity contribution >= 4 is 23.2 Å². The molecule has 0 atom stereocenters. The summed E-state index contributed by atoms with van der Waals surface area (Å²) >= 11 is 12.3. The molecule has 1 aromatic heterocycles. The van der Waals surface area contributed by atoms with Gasteiger partial charge in [0, 0.05) is 16.8 Å². The second-order valence-electron chi connectivity index (χ2n) is 5.04. The van der Waals surface area contributed by atoms with Gasteiger partial charge in [0.1, 0.15) is 17.5 Å². The Labute approximate surface area is 129 Å². The Morgan fingerprint density at radius 3 is 2.65 bits per heavy atom. The van der Waals surface area contributed by atoms with Crippen LogP contribution in [0, 0.1) is 6.92 Å². The van der Waals surface area contributed by atoms with Crippen LogP contribution >= 0.6 is 23.2 Å². The molecule has 0 bridgehead atoms. The molecule has 0 saturated carbocycles. The number of hydrogen-bond acceptors (Lipinski definition) is 2. The molecule has 0 aliphatic carbocycles. The minimum atomic E-state index is 0.354.